The van der Waals surface area contributed by atoms with Gasteiger partial charge in [-0.2, -0.15) is 0 Å². The summed E-state index contributed by atoms with van der Waals surface area (Å²) in [4.78, 5) is 47.4. The Morgan fingerprint density at radius 3 is 2.52 bits per heavy atom. The van der Waals surface area contributed by atoms with Gasteiger partial charge in [-0.3, -0.25) is 15.1 Å². The summed E-state index contributed by atoms with van der Waals surface area (Å²) < 4.78 is 5.29. The molecule has 1 aromatic rings. The van der Waals surface area contributed by atoms with Crippen LogP contribution in [0.4, 0.5) is 10.5 Å². The number of rotatable bonds is 5. The highest BCUT2D eigenvalue weighted by molar-refractivity contribution is 5.86. The molecule has 9 nitrogen and oxygen atoms in total. The molecule has 1 N–H and O–H groups in total. The number of nitrogens with one attached hydrogen (secondary N) is 1. The van der Waals surface area contributed by atoms with Gasteiger partial charge in [0.25, 0.3) is 0 Å². The van der Waals surface area contributed by atoms with E-state index in [1.807, 2.05) is 6.08 Å². The number of hydrogen-bond donors (Lipinski definition) is 1. The molecule has 0 radical (unpaired) electrons. The Bertz CT molecular complexity index is 839. The molecule has 9 heteroatoms. The first kappa shape index (κ1) is 24.3. The average molecular weight is 433 g/mol. The molecule has 1 saturated heterocycles. The van der Waals surface area contributed by atoms with Crippen LogP contribution in [0.15, 0.2) is 30.7 Å². The summed E-state index contributed by atoms with van der Waals surface area (Å²) >= 11 is 0. The number of hydroxylamine groups is 2. The van der Waals surface area contributed by atoms with Crippen molar-refractivity contribution in [2.24, 2.45) is 5.41 Å². The van der Waals surface area contributed by atoms with E-state index in [0.717, 1.165) is 5.56 Å². The van der Waals surface area contributed by atoms with Crippen LogP contribution in [0.25, 0.3) is 0 Å². The number of amides is 2. The van der Waals surface area contributed by atoms with Gasteiger partial charge in [-0.1, -0.05) is 6.08 Å². The minimum Gasteiger partial charge on any atom is -0.444 e. The number of anilines is 1. The van der Waals surface area contributed by atoms with Crippen LogP contribution >= 0.6 is 0 Å². The molecule has 1 fully saturated rings. The van der Waals surface area contributed by atoms with E-state index in [-0.39, 0.29) is 18.4 Å². The molecule has 2 heterocycles. The maximum absolute atomic E-state index is 12.4. The highest BCUT2D eigenvalue weighted by Crippen LogP contribution is 2.18. The molecule has 0 aliphatic carbocycles. The molecule has 0 saturated carbocycles. The van der Waals surface area contributed by atoms with Crippen LogP contribution in [0.2, 0.25) is 0 Å². The van der Waals surface area contributed by atoms with Crippen molar-refractivity contribution in [1.82, 2.24) is 14.9 Å². The summed E-state index contributed by atoms with van der Waals surface area (Å²) in [6, 6.07) is 1.70. The Morgan fingerprint density at radius 1 is 1.19 bits per heavy atom. The smallest absolute Gasteiger partial charge is 0.412 e. The second-order valence-corrected chi connectivity index (χ2v) is 9.33. The molecule has 0 unspecified atom stereocenters. The predicted octanol–water partition coefficient (Wildman–Crippen LogP) is 3.13. The SMILES string of the molecule is CC(C)(C)OC(=O)Nc1ccncc1CC=CN1CCN(OC(=O)C(C)(C)C)CC1=O. The van der Waals surface area contributed by atoms with Gasteiger partial charge in [-0.25, -0.2) is 9.59 Å². The molecule has 0 spiro atoms. The van der Waals surface area contributed by atoms with Gasteiger partial charge >= 0.3 is 12.1 Å². The Hall–Kier alpha value is -2.94. The number of aromatic nitrogens is 1. The molecule has 2 rings (SSSR count). The number of pyridine rings is 1. The lowest BCUT2D eigenvalue weighted by Crippen LogP contribution is -2.49. The van der Waals surface area contributed by atoms with Crippen LogP contribution < -0.4 is 5.32 Å². The molecule has 1 aliphatic rings. The van der Waals surface area contributed by atoms with Gasteiger partial charge in [0.15, 0.2) is 0 Å². The largest absolute Gasteiger partial charge is 0.444 e. The zero-order chi connectivity index (χ0) is 23.2. The topological polar surface area (TPSA) is 101 Å². The molecule has 31 heavy (non-hydrogen) atoms. The number of piperazine rings is 1. The van der Waals surface area contributed by atoms with Crippen molar-refractivity contribution in [2.45, 2.75) is 53.6 Å². The lowest BCUT2D eigenvalue weighted by Gasteiger charge is -2.32. The zero-order valence-electron chi connectivity index (χ0n) is 19.1. The van der Waals surface area contributed by atoms with E-state index in [1.165, 1.54) is 5.06 Å². The van der Waals surface area contributed by atoms with Crippen LogP contribution in [0.3, 0.4) is 0 Å². The number of ether oxygens (including phenoxy) is 1. The Labute approximate surface area is 183 Å². The number of nitrogens with zero attached hydrogens (tertiary/aromatic N) is 3. The third-order valence-electron chi connectivity index (χ3n) is 4.21. The molecule has 1 aliphatic heterocycles. The predicted molar refractivity (Wildman–Crippen MR) is 116 cm³/mol. The average Bonchev–Trinajstić information content (AvgIpc) is 2.62. The summed E-state index contributed by atoms with van der Waals surface area (Å²) in [5.74, 6) is -0.534. The first-order valence-electron chi connectivity index (χ1n) is 10.2. The van der Waals surface area contributed by atoms with Gasteiger partial charge in [0, 0.05) is 25.1 Å². The minimum absolute atomic E-state index is 0.00447. The lowest BCUT2D eigenvalue weighted by atomic mass is 9.98. The Morgan fingerprint density at radius 2 is 1.90 bits per heavy atom. The van der Waals surface area contributed by atoms with Gasteiger partial charge in [0.05, 0.1) is 17.6 Å². The first-order valence-corrected chi connectivity index (χ1v) is 10.2. The van der Waals surface area contributed by atoms with E-state index in [9.17, 15) is 14.4 Å². The molecule has 0 bridgehead atoms. The molecule has 2 amide bonds. The molecule has 1 aromatic heterocycles. The van der Waals surface area contributed by atoms with Crippen LogP contribution in [0.5, 0.6) is 0 Å². The van der Waals surface area contributed by atoms with Gasteiger partial charge in [0.2, 0.25) is 5.91 Å². The summed E-state index contributed by atoms with van der Waals surface area (Å²) in [5, 5.41) is 4.12. The van der Waals surface area contributed by atoms with Crippen molar-refractivity contribution in [3.05, 3.63) is 36.3 Å². The first-order chi connectivity index (χ1) is 14.3. The van der Waals surface area contributed by atoms with Crippen molar-refractivity contribution in [3.63, 3.8) is 0 Å². The normalized spacial score (nSPS) is 15.8. The number of allylic oxidation sites excluding steroid dienone is 1. The Kier molecular flexibility index (Phi) is 7.78. The van der Waals surface area contributed by atoms with Gasteiger partial charge in [0.1, 0.15) is 12.1 Å². The van der Waals surface area contributed by atoms with Gasteiger partial charge < -0.3 is 14.5 Å². The lowest BCUT2D eigenvalue weighted by molar-refractivity contribution is -0.206. The van der Waals surface area contributed by atoms with Gasteiger partial charge in [-0.05, 0) is 59.6 Å². The molecular formula is C22H32N4O5. The molecular weight excluding hydrogens is 400 g/mol. The summed E-state index contributed by atoms with van der Waals surface area (Å²) in [7, 11) is 0. The van der Waals surface area contributed by atoms with E-state index >= 15 is 0 Å². The molecule has 0 aromatic carbocycles. The Balaban J connectivity index is 1.91. The standard InChI is InChI=1S/C22H32N4O5/c1-21(2,3)19(28)31-26-13-12-25(18(27)15-26)11-7-8-16-14-23-10-9-17(16)24-20(29)30-22(4,5)6/h7,9-11,14H,8,12-13,15H2,1-6H3,(H,23,24,29). The van der Waals surface area contributed by atoms with Crippen molar-refractivity contribution < 1.29 is 24.0 Å². The van der Waals surface area contributed by atoms with E-state index in [1.54, 1.807) is 71.1 Å². The fourth-order valence-electron chi connectivity index (χ4n) is 2.59. The summed E-state index contributed by atoms with van der Waals surface area (Å²) in [6.45, 7) is 11.5. The third-order valence-corrected chi connectivity index (χ3v) is 4.21. The van der Waals surface area contributed by atoms with Crippen LogP contribution in [-0.4, -0.2) is 58.2 Å². The van der Waals surface area contributed by atoms with Crippen molar-refractivity contribution in [3.8, 4) is 0 Å². The summed E-state index contributed by atoms with van der Waals surface area (Å²) in [6.07, 6.45) is 6.69. The second kappa shape index (κ2) is 9.91. The molecule has 170 valence electrons. The minimum atomic E-state index is -0.630. The van der Waals surface area contributed by atoms with E-state index in [4.69, 9.17) is 9.57 Å². The molecule has 0 atom stereocenters. The monoisotopic (exact) mass is 432 g/mol. The highest BCUT2D eigenvalue weighted by Gasteiger charge is 2.30. The maximum atomic E-state index is 12.4. The number of carbonyl (C=O) groups excluding carboxylic acids is 3. The highest BCUT2D eigenvalue weighted by atomic mass is 16.7. The third kappa shape index (κ3) is 8.01. The van der Waals surface area contributed by atoms with Crippen LogP contribution in [0, 0.1) is 5.41 Å². The number of carbonyl (C=O) groups is 3. The quantitative estimate of drug-likeness (QED) is 0.763. The zero-order valence-corrected chi connectivity index (χ0v) is 19.1. The van der Waals surface area contributed by atoms with Crippen molar-refractivity contribution in [1.29, 1.82) is 0 Å². The van der Waals surface area contributed by atoms with Crippen molar-refractivity contribution in [2.75, 3.05) is 25.0 Å². The fourth-order valence-corrected chi connectivity index (χ4v) is 2.59. The van der Waals surface area contributed by atoms with E-state index in [0.29, 0.717) is 25.2 Å². The maximum Gasteiger partial charge on any atom is 0.412 e. The summed E-state index contributed by atoms with van der Waals surface area (Å²) in [5.41, 5.74) is 0.157. The van der Waals surface area contributed by atoms with Crippen LogP contribution in [-0.2, 0) is 25.6 Å². The fraction of sp³-hybridized carbons (Fsp3) is 0.545. The van der Waals surface area contributed by atoms with Crippen LogP contribution in [0.1, 0.15) is 47.1 Å². The van der Waals surface area contributed by atoms with Crippen molar-refractivity contribution >= 4 is 23.7 Å². The van der Waals surface area contributed by atoms with E-state index in [2.05, 4.69) is 10.3 Å². The number of hydrogen-bond acceptors (Lipinski definition) is 7. The second-order valence-electron chi connectivity index (χ2n) is 9.33. The van der Waals surface area contributed by atoms with E-state index < -0.39 is 17.1 Å². The van der Waals surface area contributed by atoms with Gasteiger partial charge in [-0.15, -0.1) is 5.06 Å².